The second-order valence-electron chi connectivity index (χ2n) is 6.39. The normalized spacial score (nSPS) is 17.8. The molecule has 0 N–H and O–H groups in total. The van der Waals surface area contributed by atoms with Crippen molar-refractivity contribution >= 4 is 39.5 Å². The van der Waals surface area contributed by atoms with Gasteiger partial charge in [0.25, 0.3) is 0 Å². The zero-order valence-electron chi connectivity index (χ0n) is 14.4. The third-order valence-electron chi connectivity index (χ3n) is 4.03. The van der Waals surface area contributed by atoms with E-state index >= 15 is 0 Å². The maximum absolute atomic E-state index is 3.64. The first kappa shape index (κ1) is 19.2. The van der Waals surface area contributed by atoms with Gasteiger partial charge in [-0.1, -0.05) is 51.4 Å². The zero-order valence-corrected chi connectivity index (χ0v) is 17.6. The summed E-state index contributed by atoms with van der Waals surface area (Å²) in [5, 5.41) is 0. The molecule has 1 aromatic carbocycles. The van der Waals surface area contributed by atoms with Crippen molar-refractivity contribution in [1.29, 1.82) is 0 Å². The fraction of sp³-hybridized carbons (Fsp3) is 0.500. The summed E-state index contributed by atoms with van der Waals surface area (Å²) in [4.78, 5) is 0. The number of halogens is 1. The van der Waals surface area contributed by atoms with Crippen molar-refractivity contribution < 1.29 is 0 Å². The lowest BCUT2D eigenvalue weighted by atomic mass is 10.0. The van der Waals surface area contributed by atoms with Crippen molar-refractivity contribution in [2.75, 3.05) is 11.5 Å². The first-order valence-corrected chi connectivity index (χ1v) is 11.1. The van der Waals surface area contributed by atoms with Crippen molar-refractivity contribution in [2.24, 2.45) is 0 Å². The molecule has 0 nitrogen and oxygen atoms in total. The first-order valence-electron chi connectivity index (χ1n) is 8.35. The summed E-state index contributed by atoms with van der Waals surface area (Å²) in [6.07, 6.45) is 9.61. The molecule has 0 radical (unpaired) electrons. The maximum atomic E-state index is 3.64. The Labute approximate surface area is 158 Å². The molecular weight excluding hydrogens is 384 g/mol. The minimum absolute atomic E-state index is 0.194. The molecule has 0 spiro atoms. The summed E-state index contributed by atoms with van der Waals surface area (Å²) in [7, 11) is 0. The molecule has 2 rings (SSSR count). The van der Waals surface area contributed by atoms with Crippen LogP contribution in [0, 0.1) is 0 Å². The summed E-state index contributed by atoms with van der Waals surface area (Å²) in [6, 6.07) is 8.89. The van der Waals surface area contributed by atoms with Gasteiger partial charge in [0.2, 0.25) is 0 Å². The lowest BCUT2D eigenvalue weighted by Crippen LogP contribution is -2.22. The Kier molecular flexibility index (Phi) is 7.84. The summed E-state index contributed by atoms with van der Waals surface area (Å²) >= 11 is 7.90. The molecule has 1 heterocycles. The van der Waals surface area contributed by atoms with Gasteiger partial charge in [-0.3, -0.25) is 0 Å². The predicted octanol–water partition coefficient (Wildman–Crippen LogP) is 7.55. The van der Waals surface area contributed by atoms with E-state index < -0.39 is 0 Å². The van der Waals surface area contributed by atoms with Gasteiger partial charge in [-0.2, -0.15) is 0 Å². The highest BCUT2D eigenvalue weighted by molar-refractivity contribution is 9.10. The van der Waals surface area contributed by atoms with Crippen LogP contribution in [0.25, 0.3) is 0 Å². The lowest BCUT2D eigenvalue weighted by Gasteiger charge is -2.36. The van der Waals surface area contributed by atoms with E-state index in [1.54, 1.807) is 0 Å². The van der Waals surface area contributed by atoms with E-state index in [-0.39, 0.29) is 4.08 Å². The van der Waals surface area contributed by atoms with Gasteiger partial charge in [-0.15, -0.1) is 23.5 Å². The van der Waals surface area contributed by atoms with E-state index in [1.807, 2.05) is 0 Å². The van der Waals surface area contributed by atoms with Crippen LogP contribution >= 0.6 is 39.5 Å². The predicted molar refractivity (Wildman–Crippen MR) is 112 cm³/mol. The molecular formula is C20H27BrS2. The standard InChI is InChI=1S/C20H27BrS2/c1-16(2)7-4-8-17(3)11-12-20(22-13-6-14-23-20)18-9-5-10-19(21)15-18/h5,7,9-11,15H,4,6,8,12-14H2,1-3H3. The van der Waals surface area contributed by atoms with Crippen molar-refractivity contribution in [3.05, 3.63) is 57.6 Å². The Morgan fingerprint density at radius 3 is 2.57 bits per heavy atom. The average Bonchev–Trinajstić information content (AvgIpc) is 2.53. The molecule has 126 valence electrons. The zero-order chi connectivity index (χ0) is 16.7. The van der Waals surface area contributed by atoms with E-state index in [2.05, 4.69) is 96.6 Å². The second kappa shape index (κ2) is 9.39. The van der Waals surface area contributed by atoms with Crippen LogP contribution in [0.2, 0.25) is 0 Å². The summed E-state index contributed by atoms with van der Waals surface area (Å²) in [6.45, 7) is 6.64. The highest BCUT2D eigenvalue weighted by atomic mass is 79.9. The Morgan fingerprint density at radius 1 is 1.17 bits per heavy atom. The molecule has 0 aromatic heterocycles. The fourth-order valence-electron chi connectivity index (χ4n) is 2.70. The van der Waals surface area contributed by atoms with Gasteiger partial charge < -0.3 is 0 Å². The lowest BCUT2D eigenvalue weighted by molar-refractivity contribution is 0.852. The topological polar surface area (TPSA) is 0 Å². The quantitative estimate of drug-likeness (QED) is 0.443. The molecule has 0 unspecified atom stereocenters. The second-order valence-corrected chi connectivity index (χ2v) is 10.4. The van der Waals surface area contributed by atoms with Crippen LogP contribution in [-0.2, 0) is 4.08 Å². The third kappa shape index (κ3) is 6.03. The summed E-state index contributed by atoms with van der Waals surface area (Å²) in [5.41, 5.74) is 4.39. The molecule has 0 bridgehead atoms. The average molecular weight is 411 g/mol. The van der Waals surface area contributed by atoms with E-state index in [0.29, 0.717) is 0 Å². The van der Waals surface area contributed by atoms with Crippen molar-refractivity contribution in [3.8, 4) is 0 Å². The number of hydrogen-bond acceptors (Lipinski definition) is 2. The van der Waals surface area contributed by atoms with E-state index in [0.717, 1.165) is 12.8 Å². The highest BCUT2D eigenvalue weighted by Crippen LogP contribution is 2.53. The third-order valence-corrected chi connectivity index (χ3v) is 7.96. The number of thioether (sulfide) groups is 2. The summed E-state index contributed by atoms with van der Waals surface area (Å²) in [5.74, 6) is 2.54. The Bertz CT molecular complexity index is 565. The van der Waals surface area contributed by atoms with E-state index in [4.69, 9.17) is 0 Å². The Hall–Kier alpha value is -0.120. The molecule has 1 aliphatic heterocycles. The van der Waals surface area contributed by atoms with Gasteiger partial charge in [0.05, 0.1) is 4.08 Å². The van der Waals surface area contributed by atoms with E-state index in [1.165, 1.54) is 45.5 Å². The highest BCUT2D eigenvalue weighted by Gasteiger charge is 2.34. The SMILES string of the molecule is CC(C)=CCCC(C)=CCC1(c2cccc(Br)c2)SCCCS1. The molecule has 23 heavy (non-hydrogen) atoms. The van der Waals surface area contributed by atoms with Crippen LogP contribution in [0.1, 0.15) is 52.0 Å². The van der Waals surface area contributed by atoms with Gasteiger partial charge >= 0.3 is 0 Å². The number of rotatable bonds is 6. The van der Waals surface area contributed by atoms with Crippen molar-refractivity contribution in [2.45, 2.75) is 50.5 Å². The molecule has 1 aromatic rings. The van der Waals surface area contributed by atoms with Gasteiger partial charge in [0.1, 0.15) is 0 Å². The molecule has 0 atom stereocenters. The molecule has 0 aliphatic carbocycles. The van der Waals surface area contributed by atoms with Crippen LogP contribution < -0.4 is 0 Å². The van der Waals surface area contributed by atoms with Crippen LogP contribution in [0.15, 0.2) is 52.0 Å². The van der Waals surface area contributed by atoms with Crippen LogP contribution in [0.4, 0.5) is 0 Å². The number of benzene rings is 1. The van der Waals surface area contributed by atoms with Gasteiger partial charge in [-0.05, 0) is 75.7 Å². The van der Waals surface area contributed by atoms with Gasteiger partial charge in [0, 0.05) is 4.47 Å². The first-order chi connectivity index (χ1) is 11.0. The molecule has 0 amide bonds. The molecule has 1 saturated heterocycles. The van der Waals surface area contributed by atoms with Crippen LogP contribution in [0.5, 0.6) is 0 Å². The molecule has 0 saturated carbocycles. The molecule has 3 heteroatoms. The Balaban J connectivity index is 2.11. The maximum Gasteiger partial charge on any atom is 0.0894 e. The van der Waals surface area contributed by atoms with Gasteiger partial charge in [0.15, 0.2) is 0 Å². The van der Waals surface area contributed by atoms with Gasteiger partial charge in [-0.25, -0.2) is 0 Å². The molecule has 1 aliphatic rings. The largest absolute Gasteiger partial charge is 0.139 e. The van der Waals surface area contributed by atoms with Crippen LogP contribution in [0.3, 0.4) is 0 Å². The van der Waals surface area contributed by atoms with Crippen molar-refractivity contribution in [1.82, 2.24) is 0 Å². The minimum atomic E-state index is 0.194. The summed E-state index contributed by atoms with van der Waals surface area (Å²) < 4.78 is 1.38. The molecule has 1 fully saturated rings. The van der Waals surface area contributed by atoms with Crippen molar-refractivity contribution in [3.63, 3.8) is 0 Å². The Morgan fingerprint density at radius 2 is 1.91 bits per heavy atom. The van der Waals surface area contributed by atoms with E-state index in [9.17, 15) is 0 Å². The smallest absolute Gasteiger partial charge is 0.0894 e. The monoisotopic (exact) mass is 410 g/mol. The number of hydrogen-bond donors (Lipinski definition) is 0. The van der Waals surface area contributed by atoms with Crippen LogP contribution in [-0.4, -0.2) is 11.5 Å². The number of allylic oxidation sites excluding steroid dienone is 4. The minimum Gasteiger partial charge on any atom is -0.139 e. The fourth-order valence-corrected chi connectivity index (χ4v) is 6.34.